The van der Waals surface area contributed by atoms with Crippen LogP contribution in [0.25, 0.3) is 0 Å². The van der Waals surface area contributed by atoms with E-state index in [9.17, 15) is 18.4 Å². The largest absolute Gasteiger partial charge is 0.367 e. The first-order chi connectivity index (χ1) is 8.58. The van der Waals surface area contributed by atoms with Crippen molar-refractivity contribution in [3.63, 3.8) is 0 Å². The predicted molar refractivity (Wildman–Crippen MR) is 61.4 cm³/mol. The fraction of sp³-hybridized carbons (Fsp3) is 0. The Kier molecular flexibility index (Phi) is 3.18. The Hall–Kier alpha value is -2.50. The summed E-state index contributed by atoms with van der Waals surface area (Å²) in [5.41, 5.74) is -1.01. The van der Waals surface area contributed by atoms with E-state index in [2.05, 4.69) is 10.3 Å². The van der Waals surface area contributed by atoms with Crippen molar-refractivity contribution >= 4 is 11.6 Å². The van der Waals surface area contributed by atoms with Crippen LogP contribution in [0.4, 0.5) is 14.5 Å². The molecule has 6 heteroatoms. The molecule has 92 valence electrons. The molecule has 1 aromatic heterocycles. The van der Waals surface area contributed by atoms with Crippen LogP contribution in [0.5, 0.6) is 0 Å². The molecule has 2 N–H and O–H groups in total. The molecule has 1 amide bonds. The molecular weight excluding hydrogens is 242 g/mol. The number of carbonyl (C=O) groups is 1. The quantitative estimate of drug-likeness (QED) is 0.855. The minimum absolute atomic E-state index is 0.179. The molecule has 0 aliphatic rings. The van der Waals surface area contributed by atoms with Crippen LogP contribution in [0, 0.1) is 11.6 Å². The number of carbonyl (C=O) groups excluding carboxylic acids is 1. The van der Waals surface area contributed by atoms with E-state index in [1.165, 1.54) is 12.4 Å². The normalized spacial score (nSPS) is 10.1. The number of halogens is 2. The lowest BCUT2D eigenvalue weighted by Crippen LogP contribution is -2.21. The van der Waals surface area contributed by atoms with Crippen LogP contribution in [0.15, 0.2) is 41.5 Å². The van der Waals surface area contributed by atoms with Crippen molar-refractivity contribution in [2.24, 2.45) is 0 Å². The number of nitrogens with one attached hydrogen (secondary N) is 2. The van der Waals surface area contributed by atoms with Crippen molar-refractivity contribution in [3.8, 4) is 0 Å². The summed E-state index contributed by atoms with van der Waals surface area (Å²) in [5, 5.41) is 2.13. The molecule has 1 aromatic carbocycles. The van der Waals surface area contributed by atoms with Crippen molar-refractivity contribution in [3.05, 3.63) is 64.1 Å². The highest BCUT2D eigenvalue weighted by Gasteiger charge is 2.12. The SMILES string of the molecule is O=C(Nc1cc(F)ccc1F)c1c[nH]ccc1=O. The fourth-order valence-corrected chi connectivity index (χ4v) is 1.38. The Morgan fingerprint density at radius 3 is 2.72 bits per heavy atom. The molecule has 0 saturated heterocycles. The Morgan fingerprint density at radius 1 is 1.22 bits per heavy atom. The topological polar surface area (TPSA) is 62.0 Å². The molecule has 4 nitrogen and oxygen atoms in total. The zero-order valence-corrected chi connectivity index (χ0v) is 9.04. The number of aromatic amines is 1. The number of H-pyrrole nitrogens is 1. The van der Waals surface area contributed by atoms with Gasteiger partial charge >= 0.3 is 0 Å². The number of benzene rings is 1. The van der Waals surface area contributed by atoms with Crippen LogP contribution in [-0.4, -0.2) is 10.9 Å². The van der Waals surface area contributed by atoms with Crippen molar-refractivity contribution < 1.29 is 13.6 Å². The van der Waals surface area contributed by atoms with Gasteiger partial charge in [0.1, 0.15) is 17.2 Å². The van der Waals surface area contributed by atoms with Crippen LogP contribution in [0.1, 0.15) is 10.4 Å². The van der Waals surface area contributed by atoms with E-state index in [4.69, 9.17) is 0 Å². The van der Waals surface area contributed by atoms with Gasteiger partial charge in [-0.15, -0.1) is 0 Å². The molecule has 2 aromatic rings. The highest BCUT2D eigenvalue weighted by molar-refractivity contribution is 6.03. The van der Waals surface area contributed by atoms with Crippen molar-refractivity contribution in [2.45, 2.75) is 0 Å². The van der Waals surface area contributed by atoms with E-state index >= 15 is 0 Å². The summed E-state index contributed by atoms with van der Waals surface area (Å²) in [6.07, 6.45) is 2.55. The van der Waals surface area contributed by atoms with E-state index in [0.29, 0.717) is 0 Å². The predicted octanol–water partition coefficient (Wildman–Crippen LogP) is 1.91. The first-order valence-corrected chi connectivity index (χ1v) is 5.01. The number of rotatable bonds is 2. The Labute approximate surface area is 100 Å². The molecule has 2 rings (SSSR count). The maximum absolute atomic E-state index is 13.3. The third-order valence-electron chi connectivity index (χ3n) is 2.25. The zero-order valence-electron chi connectivity index (χ0n) is 9.04. The monoisotopic (exact) mass is 250 g/mol. The van der Waals surface area contributed by atoms with Gasteiger partial charge in [-0.3, -0.25) is 9.59 Å². The third-order valence-corrected chi connectivity index (χ3v) is 2.25. The third kappa shape index (κ3) is 2.42. The summed E-state index contributed by atoms with van der Waals surface area (Å²) in [5.74, 6) is -2.27. The van der Waals surface area contributed by atoms with E-state index < -0.39 is 23.0 Å². The van der Waals surface area contributed by atoms with Crippen molar-refractivity contribution in [2.75, 3.05) is 5.32 Å². The van der Waals surface area contributed by atoms with E-state index in [-0.39, 0.29) is 11.3 Å². The van der Waals surface area contributed by atoms with Gasteiger partial charge in [-0.05, 0) is 12.1 Å². The van der Waals surface area contributed by atoms with E-state index in [1.807, 2.05) is 0 Å². The summed E-state index contributed by atoms with van der Waals surface area (Å²) >= 11 is 0. The molecule has 0 atom stereocenters. The summed E-state index contributed by atoms with van der Waals surface area (Å²) in [6.45, 7) is 0. The van der Waals surface area contributed by atoms with Crippen LogP contribution < -0.4 is 10.7 Å². The van der Waals surface area contributed by atoms with E-state index in [0.717, 1.165) is 24.3 Å². The van der Waals surface area contributed by atoms with Gasteiger partial charge in [0.05, 0.1) is 5.69 Å². The van der Waals surface area contributed by atoms with Crippen molar-refractivity contribution in [1.29, 1.82) is 0 Å². The van der Waals surface area contributed by atoms with Gasteiger partial charge in [0.25, 0.3) is 5.91 Å². The van der Waals surface area contributed by atoms with Gasteiger partial charge in [-0.25, -0.2) is 8.78 Å². The first-order valence-electron chi connectivity index (χ1n) is 5.01. The highest BCUT2D eigenvalue weighted by atomic mass is 19.1. The summed E-state index contributed by atoms with van der Waals surface area (Å²) in [4.78, 5) is 25.6. The molecule has 0 unspecified atom stereocenters. The fourth-order valence-electron chi connectivity index (χ4n) is 1.38. The molecule has 18 heavy (non-hydrogen) atoms. The Bertz CT molecular complexity index is 653. The molecule has 0 spiro atoms. The van der Waals surface area contributed by atoms with Gasteiger partial charge in [-0.2, -0.15) is 0 Å². The summed E-state index contributed by atoms with van der Waals surface area (Å²) < 4.78 is 26.2. The maximum Gasteiger partial charge on any atom is 0.261 e. The maximum atomic E-state index is 13.3. The van der Waals surface area contributed by atoms with Gasteiger partial charge in [0.15, 0.2) is 5.43 Å². The van der Waals surface area contributed by atoms with Gasteiger partial charge in [-0.1, -0.05) is 0 Å². The van der Waals surface area contributed by atoms with Crippen molar-refractivity contribution in [1.82, 2.24) is 4.98 Å². The number of hydrogen-bond donors (Lipinski definition) is 2. The summed E-state index contributed by atoms with van der Waals surface area (Å²) in [7, 11) is 0. The molecule has 0 fully saturated rings. The second-order valence-corrected chi connectivity index (χ2v) is 3.50. The zero-order chi connectivity index (χ0) is 13.1. The Balaban J connectivity index is 2.30. The highest BCUT2D eigenvalue weighted by Crippen LogP contribution is 2.15. The molecule has 0 radical (unpaired) electrons. The summed E-state index contributed by atoms with van der Waals surface area (Å²) in [6, 6.07) is 3.82. The van der Waals surface area contributed by atoms with Crippen LogP contribution in [-0.2, 0) is 0 Å². The molecular formula is C12H8F2N2O2. The average molecular weight is 250 g/mol. The van der Waals surface area contributed by atoms with E-state index in [1.54, 1.807) is 0 Å². The number of aromatic nitrogens is 1. The minimum atomic E-state index is -0.804. The van der Waals surface area contributed by atoms with Gasteiger partial charge in [0, 0.05) is 24.5 Å². The smallest absolute Gasteiger partial charge is 0.261 e. The lowest BCUT2D eigenvalue weighted by Gasteiger charge is -2.05. The second kappa shape index (κ2) is 4.79. The lowest BCUT2D eigenvalue weighted by molar-refractivity contribution is 0.102. The standard InChI is InChI=1S/C12H8F2N2O2/c13-7-1-2-9(14)10(5-7)16-12(18)8-6-15-4-3-11(8)17/h1-6H,(H,15,17)(H,16,18). The van der Waals surface area contributed by atoms with Crippen LogP contribution in [0.3, 0.4) is 0 Å². The van der Waals surface area contributed by atoms with Gasteiger partial charge < -0.3 is 10.3 Å². The first kappa shape index (κ1) is 12.0. The molecule has 0 bridgehead atoms. The van der Waals surface area contributed by atoms with Crippen LogP contribution >= 0.6 is 0 Å². The average Bonchev–Trinajstić information content (AvgIpc) is 2.34. The minimum Gasteiger partial charge on any atom is -0.367 e. The number of anilines is 1. The molecule has 1 heterocycles. The molecule has 0 aliphatic carbocycles. The lowest BCUT2D eigenvalue weighted by atomic mass is 10.2. The van der Waals surface area contributed by atoms with Crippen LogP contribution in [0.2, 0.25) is 0 Å². The number of pyridine rings is 1. The van der Waals surface area contributed by atoms with Gasteiger partial charge in [0.2, 0.25) is 0 Å². The Morgan fingerprint density at radius 2 is 2.00 bits per heavy atom. The molecule has 0 saturated carbocycles. The number of hydrogen-bond acceptors (Lipinski definition) is 2. The second-order valence-electron chi connectivity index (χ2n) is 3.50. The molecule has 0 aliphatic heterocycles. The number of amides is 1.